The smallest absolute Gasteiger partial charge is 0.370 e. The second-order valence-electron chi connectivity index (χ2n) is 11.3. The second-order valence-corrected chi connectivity index (χ2v) is 12.4. The first-order chi connectivity index (χ1) is 19.1. The molecule has 3 aliphatic heterocycles. The van der Waals surface area contributed by atoms with Crippen LogP contribution in [0, 0.1) is 13.0 Å². The van der Waals surface area contributed by atoms with Crippen LogP contribution in [0.4, 0.5) is 10.1 Å². The van der Waals surface area contributed by atoms with Crippen molar-refractivity contribution in [3.63, 3.8) is 0 Å². The number of fused-ring (bicyclic) bond motifs is 1. The Morgan fingerprint density at radius 1 is 1.07 bits per heavy atom. The maximum absolute atomic E-state index is 15.1. The van der Waals surface area contributed by atoms with Crippen molar-refractivity contribution in [2.45, 2.75) is 57.8 Å². The molecule has 9 heteroatoms. The molecule has 3 aromatic heterocycles. The zero-order valence-electron chi connectivity index (χ0n) is 23.7. The van der Waals surface area contributed by atoms with Gasteiger partial charge in [0, 0.05) is 61.6 Å². The number of piperidine rings is 2. The summed E-state index contributed by atoms with van der Waals surface area (Å²) in [5, 5.41) is 4.88. The Labute approximate surface area is 262 Å². The fourth-order valence-electron chi connectivity index (χ4n) is 6.38. The maximum atomic E-state index is 15.1. The molecule has 0 aliphatic carbocycles. The normalized spacial score (nSPS) is 22.3. The summed E-state index contributed by atoms with van der Waals surface area (Å²) in [4.78, 5) is 13.7. The summed E-state index contributed by atoms with van der Waals surface area (Å²) in [5.74, 6) is 0.848. The molecule has 6 heterocycles. The molecule has 0 radical (unpaired) electrons. The first kappa shape index (κ1) is 28.3. The van der Waals surface area contributed by atoms with Crippen LogP contribution < -0.4 is 34.5 Å². The summed E-state index contributed by atoms with van der Waals surface area (Å²) >= 11 is 1.86. The number of halogens is 1. The number of benzene rings is 1. The summed E-state index contributed by atoms with van der Waals surface area (Å²) in [6.07, 6.45) is 7.11. The van der Waals surface area contributed by atoms with Crippen LogP contribution in [0.5, 0.6) is 0 Å². The quantitative estimate of drug-likeness (QED) is 0.265. The van der Waals surface area contributed by atoms with Gasteiger partial charge in [-0.05, 0) is 63.7 Å². The molecular weight excluding hydrogens is 530 g/mol. The van der Waals surface area contributed by atoms with Gasteiger partial charge in [-0.25, -0.2) is 14.1 Å². The molecule has 3 fully saturated rings. The van der Waals surface area contributed by atoms with Crippen molar-refractivity contribution >= 4 is 27.2 Å². The van der Waals surface area contributed by atoms with Crippen molar-refractivity contribution in [2.75, 3.05) is 44.2 Å². The predicted molar refractivity (Wildman–Crippen MR) is 157 cm³/mol. The molecule has 2 unspecified atom stereocenters. The molecule has 0 N–H and O–H groups in total. The van der Waals surface area contributed by atoms with E-state index in [-0.39, 0.29) is 35.6 Å². The van der Waals surface area contributed by atoms with Crippen LogP contribution in [0.2, 0.25) is 0 Å². The molecule has 7 rings (SSSR count). The fourth-order valence-corrected chi connectivity index (χ4v) is 7.71. The Balaban J connectivity index is 0.00000289. The zero-order chi connectivity index (χ0) is 26.3. The van der Waals surface area contributed by atoms with E-state index in [2.05, 4.69) is 39.8 Å². The Morgan fingerprint density at radius 2 is 1.93 bits per heavy atom. The van der Waals surface area contributed by atoms with Crippen LogP contribution in [0.15, 0.2) is 42.6 Å². The molecule has 204 valence electrons. The van der Waals surface area contributed by atoms with E-state index >= 15 is 4.39 Å². The number of aromatic nitrogens is 3. The number of aryl methyl sites for hydroxylation is 1. The number of likely N-dealkylation sites (tertiary alicyclic amines) is 2. The molecule has 40 heavy (non-hydrogen) atoms. The molecular formula is C31H36FN6NaS. The molecule has 4 aromatic rings. The number of thiophene rings is 1. The Hall–Kier alpha value is -1.81. The van der Waals surface area contributed by atoms with E-state index < -0.39 is 6.17 Å². The average Bonchev–Trinajstić information content (AvgIpc) is 3.55. The minimum Gasteiger partial charge on any atom is -0.370 e. The average molecular weight is 567 g/mol. The fraction of sp³-hybridized carbons (Fsp3) is 0.484. The van der Waals surface area contributed by atoms with Gasteiger partial charge in [-0.2, -0.15) is 35.4 Å². The number of rotatable bonds is 6. The summed E-state index contributed by atoms with van der Waals surface area (Å²) in [6, 6.07) is 15.4. The van der Waals surface area contributed by atoms with Crippen molar-refractivity contribution in [3.05, 3.63) is 59.1 Å². The van der Waals surface area contributed by atoms with Gasteiger partial charge in [0.15, 0.2) is 5.82 Å². The van der Waals surface area contributed by atoms with Crippen LogP contribution in [-0.2, 0) is 6.54 Å². The second kappa shape index (κ2) is 12.2. The Morgan fingerprint density at radius 3 is 2.65 bits per heavy atom. The van der Waals surface area contributed by atoms with Gasteiger partial charge in [0.05, 0.1) is 15.9 Å². The van der Waals surface area contributed by atoms with Gasteiger partial charge in [-0.1, -0.05) is 0 Å². The molecule has 3 saturated heterocycles. The zero-order valence-corrected chi connectivity index (χ0v) is 26.5. The molecule has 6 nitrogen and oxygen atoms in total. The van der Waals surface area contributed by atoms with Gasteiger partial charge in [0.2, 0.25) is 0 Å². The van der Waals surface area contributed by atoms with Crippen LogP contribution in [0.1, 0.15) is 42.5 Å². The van der Waals surface area contributed by atoms with Crippen molar-refractivity contribution in [1.82, 2.24) is 24.6 Å². The number of alkyl halides is 1. The molecule has 0 spiro atoms. The molecule has 1 aromatic carbocycles. The monoisotopic (exact) mass is 566 g/mol. The summed E-state index contributed by atoms with van der Waals surface area (Å²) < 4.78 is 18.3. The van der Waals surface area contributed by atoms with E-state index in [1.165, 1.54) is 46.5 Å². The van der Waals surface area contributed by atoms with E-state index in [0.717, 1.165) is 68.3 Å². The van der Waals surface area contributed by atoms with Gasteiger partial charge in [-0.15, -0.1) is 16.9 Å². The topological polar surface area (TPSA) is 40.4 Å². The number of hydrogen-bond acceptors (Lipinski definition) is 6. The van der Waals surface area contributed by atoms with E-state index in [9.17, 15) is 0 Å². The number of nitrogens with zero attached hydrogens (tertiary/aromatic N) is 6. The molecule has 0 saturated carbocycles. The van der Waals surface area contributed by atoms with Crippen molar-refractivity contribution < 1.29 is 33.9 Å². The third-order valence-corrected chi connectivity index (χ3v) is 10.1. The van der Waals surface area contributed by atoms with Crippen LogP contribution >= 0.6 is 11.3 Å². The third kappa shape index (κ3) is 5.51. The van der Waals surface area contributed by atoms with E-state index in [4.69, 9.17) is 10.1 Å². The first-order valence-corrected chi connectivity index (χ1v) is 15.3. The van der Waals surface area contributed by atoms with Crippen LogP contribution in [-0.4, -0.2) is 76.0 Å². The minimum absolute atomic E-state index is 0. The number of pyridine rings is 1. The van der Waals surface area contributed by atoms with E-state index in [1.54, 1.807) is 0 Å². The van der Waals surface area contributed by atoms with Crippen molar-refractivity contribution in [3.8, 4) is 17.1 Å². The summed E-state index contributed by atoms with van der Waals surface area (Å²) in [5.41, 5.74) is 5.51. The summed E-state index contributed by atoms with van der Waals surface area (Å²) in [7, 11) is 0. The maximum Gasteiger partial charge on any atom is 1.00 e. The molecule has 2 atom stereocenters. The largest absolute Gasteiger partial charge is 1.00 e. The third-order valence-electron chi connectivity index (χ3n) is 8.78. The van der Waals surface area contributed by atoms with E-state index in [0.29, 0.717) is 6.54 Å². The number of hydrogen-bond donors (Lipinski definition) is 0. The van der Waals surface area contributed by atoms with Gasteiger partial charge < -0.3 is 4.90 Å². The molecule has 3 aliphatic rings. The van der Waals surface area contributed by atoms with Crippen LogP contribution in [0.3, 0.4) is 0 Å². The summed E-state index contributed by atoms with van der Waals surface area (Å²) in [6.45, 7) is 8.75. The first-order valence-electron chi connectivity index (χ1n) is 14.4. The molecule has 0 bridgehead atoms. The van der Waals surface area contributed by atoms with E-state index in [1.807, 2.05) is 46.5 Å². The van der Waals surface area contributed by atoms with Gasteiger partial charge >= 0.3 is 29.6 Å². The van der Waals surface area contributed by atoms with Crippen LogP contribution in [0.25, 0.3) is 27.3 Å². The predicted octanol–water partition coefficient (Wildman–Crippen LogP) is 2.87. The van der Waals surface area contributed by atoms with Gasteiger partial charge in [0.1, 0.15) is 6.17 Å². The Bertz CT molecular complexity index is 1450. The van der Waals surface area contributed by atoms with Crippen molar-refractivity contribution in [2.24, 2.45) is 0 Å². The SMILES string of the molecule is Cc1c(CN2CCC(N3CCC3)C(F)C2)sc2c(N3CCCCC3)cc(-n3ccc(-c4c[c-]ccc4)n3)nc12.[Na+]. The van der Waals surface area contributed by atoms with Gasteiger partial charge in [-0.3, -0.25) is 9.80 Å². The standard InChI is InChI=1S/C31H36FN6S.Na/c1-22-28(21-35-17-12-26(24(32)20-35)36-15-8-16-36)39-31-27(37-13-6-3-7-14-37)19-29(33-30(22)31)38-18-11-25(34-38)23-9-4-2-5-10-23;/h2,4,9-11,18-19,24,26H,3,6-8,12-17,20-21H2,1H3;/q-1;+1. The van der Waals surface area contributed by atoms with Crippen molar-refractivity contribution in [1.29, 1.82) is 0 Å². The Kier molecular flexibility index (Phi) is 8.64. The molecule has 0 amide bonds. The van der Waals surface area contributed by atoms with Gasteiger partial charge in [0.25, 0.3) is 0 Å². The number of anilines is 1. The minimum atomic E-state index is -0.765.